The molecule has 2 fully saturated rings. The van der Waals surface area contributed by atoms with Crippen molar-refractivity contribution in [3.05, 3.63) is 23.8 Å². The Morgan fingerprint density at radius 3 is 2.64 bits per heavy atom. The zero-order valence-electron chi connectivity index (χ0n) is 15.4. The Morgan fingerprint density at radius 1 is 1.32 bits per heavy atom. The highest BCUT2D eigenvalue weighted by Crippen LogP contribution is 2.54. The molecule has 5 nitrogen and oxygen atoms in total. The maximum Gasteiger partial charge on any atom is 0.330 e. The summed E-state index contributed by atoms with van der Waals surface area (Å²) in [5.41, 5.74) is -0.0282. The fourth-order valence-electron chi connectivity index (χ4n) is 4.83. The minimum absolute atomic E-state index is 0.0268. The first-order valence-electron chi connectivity index (χ1n) is 8.95. The van der Waals surface area contributed by atoms with Crippen molar-refractivity contribution in [1.29, 1.82) is 0 Å². The molecule has 136 valence electrons. The Kier molecular flexibility index (Phi) is 4.38. The lowest BCUT2D eigenvalue weighted by atomic mass is 9.66. The van der Waals surface area contributed by atoms with Crippen LogP contribution in [0.3, 0.4) is 0 Å². The minimum atomic E-state index is -0.855. The number of hydrogen-bond acceptors (Lipinski definition) is 5. The summed E-state index contributed by atoms with van der Waals surface area (Å²) in [5.74, 6) is -1.34. The number of carbonyl (C=O) groups excluding carboxylic acids is 3. The zero-order valence-corrected chi connectivity index (χ0v) is 15.4. The Labute approximate surface area is 148 Å². The Balaban J connectivity index is 2.06. The number of fused-ring (bicyclic) bond motifs is 2. The maximum atomic E-state index is 12.8. The summed E-state index contributed by atoms with van der Waals surface area (Å²) < 4.78 is 11.4. The van der Waals surface area contributed by atoms with E-state index in [0.29, 0.717) is 6.42 Å². The van der Waals surface area contributed by atoms with Gasteiger partial charge < -0.3 is 9.47 Å². The van der Waals surface area contributed by atoms with Gasteiger partial charge in [-0.15, -0.1) is 0 Å². The average Bonchev–Trinajstić information content (AvgIpc) is 2.92. The summed E-state index contributed by atoms with van der Waals surface area (Å²) >= 11 is 0. The van der Waals surface area contributed by atoms with Gasteiger partial charge in [-0.3, -0.25) is 9.59 Å². The molecule has 5 heteroatoms. The third kappa shape index (κ3) is 2.74. The molecule has 0 amide bonds. The Hall–Kier alpha value is -1.91. The lowest BCUT2D eigenvalue weighted by Gasteiger charge is -2.40. The lowest BCUT2D eigenvalue weighted by Crippen LogP contribution is -2.50. The van der Waals surface area contributed by atoms with E-state index in [1.807, 2.05) is 26.8 Å². The summed E-state index contributed by atoms with van der Waals surface area (Å²) in [4.78, 5) is 37.3. The number of ketones is 1. The second kappa shape index (κ2) is 6.11. The highest BCUT2D eigenvalue weighted by atomic mass is 16.6. The van der Waals surface area contributed by atoms with E-state index in [-0.39, 0.29) is 35.6 Å². The van der Waals surface area contributed by atoms with Crippen LogP contribution in [-0.2, 0) is 23.9 Å². The SMILES string of the molecule is CC(C)=CC(=O)O[C@H]1[C@H]2[C@H](C)C(=O)O[C@@H]2C[C@@H](C)[C@@H]2C=CC(=O)[C@]21C. The topological polar surface area (TPSA) is 69.7 Å². The van der Waals surface area contributed by atoms with Crippen molar-refractivity contribution in [2.45, 2.75) is 53.2 Å². The smallest absolute Gasteiger partial charge is 0.330 e. The van der Waals surface area contributed by atoms with Gasteiger partial charge in [-0.1, -0.05) is 25.5 Å². The van der Waals surface area contributed by atoms with Crippen molar-refractivity contribution < 1.29 is 23.9 Å². The summed E-state index contributed by atoms with van der Waals surface area (Å²) in [6.45, 7) is 9.37. The van der Waals surface area contributed by atoms with Gasteiger partial charge in [-0.05, 0) is 45.1 Å². The maximum absolute atomic E-state index is 12.8. The van der Waals surface area contributed by atoms with Gasteiger partial charge in [-0.25, -0.2) is 4.79 Å². The molecule has 0 aromatic carbocycles. The van der Waals surface area contributed by atoms with E-state index in [2.05, 4.69) is 6.92 Å². The van der Waals surface area contributed by atoms with Gasteiger partial charge in [0.05, 0.1) is 11.3 Å². The second-order valence-corrected chi connectivity index (χ2v) is 8.17. The molecule has 0 spiro atoms. The van der Waals surface area contributed by atoms with Crippen molar-refractivity contribution >= 4 is 17.7 Å². The summed E-state index contributed by atoms with van der Waals surface area (Å²) in [5, 5.41) is 0. The highest BCUT2D eigenvalue weighted by molar-refractivity contribution is 5.98. The fourth-order valence-corrected chi connectivity index (χ4v) is 4.83. The molecule has 3 aliphatic rings. The van der Waals surface area contributed by atoms with Crippen molar-refractivity contribution in [2.24, 2.45) is 29.1 Å². The number of hydrogen-bond donors (Lipinski definition) is 0. The second-order valence-electron chi connectivity index (χ2n) is 8.17. The average molecular weight is 346 g/mol. The van der Waals surface area contributed by atoms with E-state index in [1.54, 1.807) is 13.0 Å². The summed E-state index contributed by atoms with van der Waals surface area (Å²) in [6.07, 6.45) is 4.64. The predicted molar refractivity (Wildman–Crippen MR) is 91.4 cm³/mol. The van der Waals surface area contributed by atoms with E-state index < -0.39 is 23.4 Å². The molecule has 0 radical (unpaired) electrons. The van der Waals surface area contributed by atoms with E-state index in [1.165, 1.54) is 6.08 Å². The van der Waals surface area contributed by atoms with Crippen LogP contribution in [0.15, 0.2) is 23.8 Å². The van der Waals surface area contributed by atoms with Crippen LogP contribution in [-0.4, -0.2) is 29.9 Å². The predicted octanol–water partition coefficient (Wildman–Crippen LogP) is 2.84. The van der Waals surface area contributed by atoms with Crippen LogP contribution in [0.2, 0.25) is 0 Å². The number of carbonyl (C=O) groups is 3. The summed E-state index contributed by atoms with van der Waals surface area (Å²) in [7, 11) is 0. The third-order valence-corrected chi connectivity index (χ3v) is 6.13. The molecule has 7 atom stereocenters. The van der Waals surface area contributed by atoms with Crippen LogP contribution < -0.4 is 0 Å². The number of ether oxygens (including phenoxy) is 2. The third-order valence-electron chi connectivity index (χ3n) is 6.13. The molecule has 1 aliphatic heterocycles. The van der Waals surface area contributed by atoms with Crippen molar-refractivity contribution in [1.82, 2.24) is 0 Å². The standard InChI is InChI=1S/C20H26O5/c1-10(2)8-16(22)25-18-17-12(4)19(23)24-14(17)9-11(3)13-6-7-15(21)20(13,18)5/h6-8,11-14,17-18H,9H2,1-5H3/t11-,12+,13+,14-,17+,18+,20+/m1/s1. The molecule has 0 bridgehead atoms. The largest absolute Gasteiger partial charge is 0.462 e. The Morgan fingerprint density at radius 2 is 2.00 bits per heavy atom. The normalized spacial score (nSPS) is 42.3. The van der Waals surface area contributed by atoms with Gasteiger partial charge in [-0.2, -0.15) is 0 Å². The molecule has 3 rings (SSSR count). The molecular formula is C20H26O5. The van der Waals surface area contributed by atoms with E-state index >= 15 is 0 Å². The number of rotatable bonds is 2. The molecule has 1 heterocycles. The van der Waals surface area contributed by atoms with Gasteiger partial charge in [0.1, 0.15) is 12.2 Å². The van der Waals surface area contributed by atoms with Crippen molar-refractivity contribution in [2.75, 3.05) is 0 Å². The van der Waals surface area contributed by atoms with Gasteiger partial charge >= 0.3 is 11.9 Å². The number of esters is 2. The first-order valence-corrected chi connectivity index (χ1v) is 8.95. The van der Waals surface area contributed by atoms with E-state index in [0.717, 1.165) is 5.57 Å². The fraction of sp³-hybridized carbons (Fsp3) is 0.650. The van der Waals surface area contributed by atoms with Gasteiger partial charge in [0, 0.05) is 12.0 Å². The minimum Gasteiger partial charge on any atom is -0.462 e. The monoisotopic (exact) mass is 346 g/mol. The van der Waals surface area contributed by atoms with Crippen LogP contribution in [0.5, 0.6) is 0 Å². The van der Waals surface area contributed by atoms with Crippen LogP contribution >= 0.6 is 0 Å². The molecule has 0 unspecified atom stereocenters. The van der Waals surface area contributed by atoms with Crippen LogP contribution in [0.25, 0.3) is 0 Å². The molecule has 25 heavy (non-hydrogen) atoms. The van der Waals surface area contributed by atoms with Crippen molar-refractivity contribution in [3.8, 4) is 0 Å². The molecule has 1 saturated heterocycles. The van der Waals surface area contributed by atoms with E-state index in [9.17, 15) is 14.4 Å². The lowest BCUT2D eigenvalue weighted by molar-refractivity contribution is -0.162. The summed E-state index contributed by atoms with van der Waals surface area (Å²) in [6, 6.07) is 0. The van der Waals surface area contributed by atoms with Crippen molar-refractivity contribution in [3.63, 3.8) is 0 Å². The molecule has 0 aromatic rings. The van der Waals surface area contributed by atoms with Gasteiger partial charge in [0.2, 0.25) is 0 Å². The molecule has 0 aromatic heterocycles. The van der Waals surface area contributed by atoms with Gasteiger partial charge in [0.25, 0.3) is 0 Å². The number of allylic oxidation sites excluding steroid dienone is 3. The quantitative estimate of drug-likeness (QED) is 0.568. The molecule has 0 N–H and O–H groups in total. The van der Waals surface area contributed by atoms with Crippen LogP contribution in [0, 0.1) is 29.1 Å². The first kappa shape index (κ1) is 17.9. The van der Waals surface area contributed by atoms with Crippen LogP contribution in [0.4, 0.5) is 0 Å². The first-order chi connectivity index (χ1) is 11.7. The van der Waals surface area contributed by atoms with Gasteiger partial charge in [0.15, 0.2) is 5.78 Å². The molecule has 1 saturated carbocycles. The molecular weight excluding hydrogens is 320 g/mol. The Bertz CT molecular complexity index is 672. The molecule has 2 aliphatic carbocycles. The van der Waals surface area contributed by atoms with Crippen LogP contribution in [0.1, 0.15) is 41.0 Å². The van der Waals surface area contributed by atoms with E-state index in [4.69, 9.17) is 9.47 Å². The zero-order chi connectivity index (χ0) is 18.5. The highest BCUT2D eigenvalue weighted by Gasteiger charge is 2.62.